The van der Waals surface area contributed by atoms with Crippen molar-refractivity contribution in [1.29, 1.82) is 0 Å². The molecule has 1 aromatic carbocycles. The minimum atomic E-state index is -1.16. The Morgan fingerprint density at radius 2 is 2.25 bits per heavy atom. The molecule has 1 unspecified atom stereocenters. The molecule has 0 fully saturated rings. The SMILES string of the molecule is NCC1Cc2cc(-c3ccc(C(=O)O)o3)cc(F)c2O1. The fraction of sp³-hybridized carbons (Fsp3) is 0.214. The van der Waals surface area contributed by atoms with E-state index in [0.29, 0.717) is 29.9 Å². The van der Waals surface area contributed by atoms with Gasteiger partial charge in [0.1, 0.15) is 11.9 Å². The molecule has 3 N–H and O–H groups in total. The number of hydrogen-bond donors (Lipinski definition) is 2. The van der Waals surface area contributed by atoms with Crippen molar-refractivity contribution in [2.75, 3.05) is 6.54 Å². The summed E-state index contributed by atoms with van der Waals surface area (Å²) in [4.78, 5) is 10.8. The lowest BCUT2D eigenvalue weighted by atomic mass is 10.0. The average Bonchev–Trinajstić information content (AvgIpc) is 3.05. The molecule has 104 valence electrons. The van der Waals surface area contributed by atoms with E-state index in [1.165, 1.54) is 18.2 Å². The number of carboxylic acid groups (broad SMARTS) is 1. The Kier molecular flexibility index (Phi) is 2.94. The first kappa shape index (κ1) is 12.7. The van der Waals surface area contributed by atoms with Gasteiger partial charge in [-0.25, -0.2) is 9.18 Å². The van der Waals surface area contributed by atoms with Gasteiger partial charge in [-0.2, -0.15) is 0 Å². The topological polar surface area (TPSA) is 85.7 Å². The molecule has 0 radical (unpaired) electrons. The normalized spacial score (nSPS) is 16.8. The highest BCUT2D eigenvalue weighted by Gasteiger charge is 2.26. The second-order valence-electron chi connectivity index (χ2n) is 4.60. The third kappa shape index (κ3) is 2.04. The number of nitrogens with two attached hydrogens (primary N) is 1. The zero-order valence-electron chi connectivity index (χ0n) is 10.4. The summed E-state index contributed by atoms with van der Waals surface area (Å²) in [7, 11) is 0. The van der Waals surface area contributed by atoms with Crippen LogP contribution in [-0.2, 0) is 6.42 Å². The van der Waals surface area contributed by atoms with Crippen LogP contribution < -0.4 is 10.5 Å². The molecular formula is C14H12FNO4. The molecule has 3 rings (SSSR count). The molecular weight excluding hydrogens is 265 g/mol. The van der Waals surface area contributed by atoms with Crippen molar-refractivity contribution in [2.24, 2.45) is 5.73 Å². The molecule has 1 atom stereocenters. The summed E-state index contributed by atoms with van der Waals surface area (Å²) in [6.45, 7) is 0.313. The van der Waals surface area contributed by atoms with Crippen LogP contribution in [-0.4, -0.2) is 23.7 Å². The number of carboxylic acids is 1. The number of halogens is 1. The number of furan rings is 1. The molecule has 5 nitrogen and oxygen atoms in total. The van der Waals surface area contributed by atoms with E-state index < -0.39 is 11.8 Å². The molecule has 1 aliphatic heterocycles. The number of fused-ring (bicyclic) bond motifs is 1. The molecule has 0 saturated heterocycles. The summed E-state index contributed by atoms with van der Waals surface area (Å²) in [6.07, 6.45) is 0.309. The fourth-order valence-corrected chi connectivity index (χ4v) is 2.27. The van der Waals surface area contributed by atoms with Crippen molar-refractivity contribution in [3.05, 3.63) is 41.4 Å². The molecule has 0 saturated carbocycles. The Labute approximate surface area is 113 Å². The molecule has 1 aromatic heterocycles. The van der Waals surface area contributed by atoms with Gasteiger partial charge in [-0.1, -0.05) is 0 Å². The van der Waals surface area contributed by atoms with Crippen LogP contribution in [0.5, 0.6) is 5.75 Å². The number of aromatic carboxylic acids is 1. The number of ether oxygens (including phenoxy) is 1. The van der Waals surface area contributed by atoms with Crippen molar-refractivity contribution >= 4 is 5.97 Å². The Morgan fingerprint density at radius 3 is 2.90 bits per heavy atom. The summed E-state index contributed by atoms with van der Waals surface area (Å²) < 4.78 is 24.6. The predicted octanol–water partition coefficient (Wildman–Crippen LogP) is 2.05. The van der Waals surface area contributed by atoms with Gasteiger partial charge >= 0.3 is 5.97 Å². The molecule has 2 aromatic rings. The minimum absolute atomic E-state index is 0.183. The quantitative estimate of drug-likeness (QED) is 0.896. The van der Waals surface area contributed by atoms with E-state index >= 15 is 0 Å². The third-order valence-corrected chi connectivity index (χ3v) is 3.22. The maximum Gasteiger partial charge on any atom is 0.371 e. The lowest BCUT2D eigenvalue weighted by Gasteiger charge is -2.06. The van der Waals surface area contributed by atoms with Crippen LogP contribution in [0.3, 0.4) is 0 Å². The number of carbonyl (C=O) groups is 1. The molecule has 0 amide bonds. The van der Waals surface area contributed by atoms with Gasteiger partial charge in [-0.15, -0.1) is 0 Å². The zero-order chi connectivity index (χ0) is 14.3. The molecule has 0 aliphatic carbocycles. The van der Waals surface area contributed by atoms with Gasteiger partial charge in [0.25, 0.3) is 0 Å². The molecule has 20 heavy (non-hydrogen) atoms. The van der Waals surface area contributed by atoms with Crippen LogP contribution in [0, 0.1) is 5.82 Å². The second kappa shape index (κ2) is 4.64. The van der Waals surface area contributed by atoms with Gasteiger partial charge in [0.2, 0.25) is 5.76 Å². The molecule has 2 heterocycles. The van der Waals surface area contributed by atoms with E-state index in [1.807, 2.05) is 0 Å². The van der Waals surface area contributed by atoms with Crippen molar-refractivity contribution < 1.29 is 23.4 Å². The van der Waals surface area contributed by atoms with Gasteiger partial charge in [0.05, 0.1) is 0 Å². The first-order valence-corrected chi connectivity index (χ1v) is 6.11. The zero-order valence-corrected chi connectivity index (χ0v) is 10.4. The smallest absolute Gasteiger partial charge is 0.371 e. The first-order chi connectivity index (χ1) is 9.58. The van der Waals surface area contributed by atoms with Crippen molar-refractivity contribution in [2.45, 2.75) is 12.5 Å². The van der Waals surface area contributed by atoms with E-state index in [-0.39, 0.29) is 17.6 Å². The predicted molar refractivity (Wildman–Crippen MR) is 68.2 cm³/mol. The van der Waals surface area contributed by atoms with Crippen LogP contribution >= 0.6 is 0 Å². The average molecular weight is 277 g/mol. The highest BCUT2D eigenvalue weighted by Crippen LogP contribution is 2.36. The maximum absolute atomic E-state index is 14.0. The highest BCUT2D eigenvalue weighted by atomic mass is 19.1. The standard InChI is InChI=1S/C14H12FNO4/c15-10-5-7(11-1-2-12(20-11)14(17)18)3-8-4-9(6-16)19-13(8)10/h1-3,5,9H,4,6,16H2,(H,17,18). The molecule has 1 aliphatic rings. The lowest BCUT2D eigenvalue weighted by molar-refractivity contribution is 0.0663. The summed E-state index contributed by atoms with van der Waals surface area (Å²) in [5.74, 6) is -1.32. The van der Waals surface area contributed by atoms with Gasteiger partial charge < -0.3 is 20.0 Å². The lowest BCUT2D eigenvalue weighted by Crippen LogP contribution is -2.24. The van der Waals surface area contributed by atoms with Crippen LogP contribution in [0.4, 0.5) is 4.39 Å². The first-order valence-electron chi connectivity index (χ1n) is 6.11. The molecule has 0 bridgehead atoms. The maximum atomic E-state index is 14.0. The van der Waals surface area contributed by atoms with Crippen LogP contribution in [0.15, 0.2) is 28.7 Å². The number of benzene rings is 1. The Bertz CT molecular complexity index is 680. The van der Waals surface area contributed by atoms with E-state index in [9.17, 15) is 9.18 Å². The Balaban J connectivity index is 2.00. The Morgan fingerprint density at radius 1 is 1.45 bits per heavy atom. The van der Waals surface area contributed by atoms with Crippen molar-refractivity contribution in [3.63, 3.8) is 0 Å². The van der Waals surface area contributed by atoms with Gasteiger partial charge in [-0.05, 0) is 24.3 Å². The molecule has 0 spiro atoms. The summed E-state index contributed by atoms with van der Waals surface area (Å²) in [5, 5.41) is 8.82. The van der Waals surface area contributed by atoms with Gasteiger partial charge in [0.15, 0.2) is 11.6 Å². The van der Waals surface area contributed by atoms with Crippen LogP contribution in [0.2, 0.25) is 0 Å². The third-order valence-electron chi connectivity index (χ3n) is 3.22. The van der Waals surface area contributed by atoms with Crippen molar-refractivity contribution in [3.8, 4) is 17.1 Å². The second-order valence-corrected chi connectivity index (χ2v) is 4.60. The summed E-state index contributed by atoms with van der Waals surface area (Å²) in [6, 6.07) is 5.84. The van der Waals surface area contributed by atoms with Gasteiger partial charge in [-0.3, -0.25) is 0 Å². The van der Waals surface area contributed by atoms with E-state index in [2.05, 4.69) is 0 Å². The Hall–Kier alpha value is -2.34. The summed E-state index contributed by atoms with van der Waals surface area (Å²) >= 11 is 0. The highest BCUT2D eigenvalue weighted by molar-refractivity contribution is 5.85. The number of rotatable bonds is 3. The van der Waals surface area contributed by atoms with Crippen LogP contribution in [0.1, 0.15) is 16.1 Å². The largest absolute Gasteiger partial charge is 0.485 e. The number of hydrogen-bond acceptors (Lipinski definition) is 4. The van der Waals surface area contributed by atoms with Gasteiger partial charge in [0, 0.05) is 24.1 Å². The monoisotopic (exact) mass is 277 g/mol. The van der Waals surface area contributed by atoms with Crippen molar-refractivity contribution in [1.82, 2.24) is 0 Å². The molecule has 6 heteroatoms. The van der Waals surface area contributed by atoms with Crippen LogP contribution in [0.25, 0.3) is 11.3 Å². The van der Waals surface area contributed by atoms with E-state index in [4.69, 9.17) is 20.0 Å². The van der Waals surface area contributed by atoms with E-state index in [0.717, 1.165) is 0 Å². The minimum Gasteiger partial charge on any atom is -0.485 e. The summed E-state index contributed by atoms with van der Waals surface area (Å²) in [5.41, 5.74) is 6.71. The van der Waals surface area contributed by atoms with E-state index in [1.54, 1.807) is 6.07 Å². The fourth-order valence-electron chi connectivity index (χ4n) is 2.27.